The first-order valence-corrected chi connectivity index (χ1v) is 6.21. The molecule has 0 saturated carbocycles. The molecule has 17 heavy (non-hydrogen) atoms. The van der Waals surface area contributed by atoms with Crippen LogP contribution in [0.3, 0.4) is 0 Å². The molecule has 1 aromatic rings. The third-order valence-electron chi connectivity index (χ3n) is 2.57. The third-order valence-corrected chi connectivity index (χ3v) is 2.57. The highest BCUT2D eigenvalue weighted by atomic mass is 16.5. The van der Waals surface area contributed by atoms with Crippen molar-refractivity contribution < 1.29 is 4.74 Å². The molecule has 5 heteroatoms. The van der Waals surface area contributed by atoms with Gasteiger partial charge in [-0.1, -0.05) is 0 Å². The maximum absolute atomic E-state index is 5.56. The van der Waals surface area contributed by atoms with E-state index in [9.17, 15) is 0 Å². The number of nitrogens with zero attached hydrogens (tertiary/aromatic N) is 3. The molecule has 1 rings (SSSR count). The summed E-state index contributed by atoms with van der Waals surface area (Å²) in [5.41, 5.74) is 6.61. The average Bonchev–Trinajstić information content (AvgIpc) is 2.66. The van der Waals surface area contributed by atoms with Gasteiger partial charge in [0.05, 0.1) is 5.69 Å². The summed E-state index contributed by atoms with van der Waals surface area (Å²) in [7, 11) is 2.02. The van der Waals surface area contributed by atoms with Crippen LogP contribution in [0.1, 0.15) is 19.0 Å². The number of imidazole rings is 1. The topological polar surface area (TPSA) is 56.3 Å². The summed E-state index contributed by atoms with van der Waals surface area (Å²) in [5.74, 6) is 0.990. The zero-order valence-corrected chi connectivity index (χ0v) is 11.1. The molecule has 0 radical (unpaired) electrons. The lowest BCUT2D eigenvalue weighted by Gasteiger charge is -2.18. The van der Waals surface area contributed by atoms with Crippen LogP contribution in [0.2, 0.25) is 0 Å². The predicted molar refractivity (Wildman–Crippen MR) is 70.4 cm³/mol. The first-order valence-electron chi connectivity index (χ1n) is 6.21. The van der Waals surface area contributed by atoms with Crippen molar-refractivity contribution >= 4 is 5.95 Å². The van der Waals surface area contributed by atoms with E-state index in [4.69, 9.17) is 10.5 Å². The van der Waals surface area contributed by atoms with Gasteiger partial charge in [-0.15, -0.1) is 0 Å². The SMILES string of the molecule is CCOCCCn1cc(C)nc1N(C)CCN. The van der Waals surface area contributed by atoms with Crippen LogP contribution in [-0.4, -0.2) is 42.9 Å². The molecule has 0 spiro atoms. The van der Waals surface area contributed by atoms with E-state index in [2.05, 4.69) is 20.6 Å². The van der Waals surface area contributed by atoms with Crippen molar-refractivity contribution in [3.8, 4) is 0 Å². The van der Waals surface area contributed by atoms with E-state index in [1.807, 2.05) is 20.9 Å². The smallest absolute Gasteiger partial charge is 0.205 e. The van der Waals surface area contributed by atoms with Crippen LogP contribution >= 0.6 is 0 Å². The Bertz CT molecular complexity index is 324. The normalized spacial score (nSPS) is 10.8. The molecule has 0 unspecified atom stereocenters. The number of anilines is 1. The first-order chi connectivity index (χ1) is 8.19. The Morgan fingerprint density at radius 3 is 2.94 bits per heavy atom. The summed E-state index contributed by atoms with van der Waals surface area (Å²) in [6.45, 7) is 8.01. The van der Waals surface area contributed by atoms with Crippen LogP contribution in [0.4, 0.5) is 5.95 Å². The Labute approximate surface area is 104 Å². The molecule has 1 heterocycles. The van der Waals surface area contributed by atoms with Gasteiger partial charge in [0, 0.05) is 46.1 Å². The van der Waals surface area contributed by atoms with E-state index in [1.165, 1.54) is 0 Å². The molecule has 0 atom stereocenters. The summed E-state index contributed by atoms with van der Waals surface area (Å²) in [4.78, 5) is 6.61. The van der Waals surface area contributed by atoms with Crippen LogP contribution < -0.4 is 10.6 Å². The van der Waals surface area contributed by atoms with Gasteiger partial charge in [-0.3, -0.25) is 0 Å². The van der Waals surface area contributed by atoms with Crippen LogP contribution in [0.15, 0.2) is 6.20 Å². The van der Waals surface area contributed by atoms with Gasteiger partial charge in [0.15, 0.2) is 0 Å². The lowest BCUT2D eigenvalue weighted by Crippen LogP contribution is -2.27. The Morgan fingerprint density at radius 1 is 1.53 bits per heavy atom. The third kappa shape index (κ3) is 4.36. The highest BCUT2D eigenvalue weighted by molar-refractivity contribution is 5.32. The summed E-state index contributed by atoms with van der Waals surface area (Å²) in [6.07, 6.45) is 3.08. The Hall–Kier alpha value is -1.07. The number of hydrogen-bond acceptors (Lipinski definition) is 4. The molecule has 0 aliphatic rings. The largest absolute Gasteiger partial charge is 0.382 e. The van der Waals surface area contributed by atoms with Gasteiger partial charge in [0.2, 0.25) is 5.95 Å². The lowest BCUT2D eigenvalue weighted by molar-refractivity contribution is 0.141. The molecule has 98 valence electrons. The molecule has 0 saturated heterocycles. The second kappa shape index (κ2) is 7.29. The van der Waals surface area contributed by atoms with Gasteiger partial charge >= 0.3 is 0 Å². The van der Waals surface area contributed by atoms with Crippen molar-refractivity contribution in [3.63, 3.8) is 0 Å². The zero-order chi connectivity index (χ0) is 12.7. The van der Waals surface area contributed by atoms with E-state index < -0.39 is 0 Å². The van der Waals surface area contributed by atoms with Gasteiger partial charge in [-0.2, -0.15) is 0 Å². The predicted octanol–water partition coefficient (Wildman–Crippen LogP) is 1.01. The van der Waals surface area contributed by atoms with Gasteiger partial charge < -0.3 is 19.9 Å². The highest BCUT2D eigenvalue weighted by Crippen LogP contribution is 2.13. The molecule has 0 bridgehead atoms. The highest BCUT2D eigenvalue weighted by Gasteiger charge is 2.09. The molecule has 0 aliphatic carbocycles. The quantitative estimate of drug-likeness (QED) is 0.689. The van der Waals surface area contributed by atoms with E-state index in [1.54, 1.807) is 0 Å². The summed E-state index contributed by atoms with van der Waals surface area (Å²) in [6, 6.07) is 0. The van der Waals surface area contributed by atoms with Gasteiger partial charge in [-0.05, 0) is 20.3 Å². The molecule has 2 N–H and O–H groups in total. The fourth-order valence-corrected chi connectivity index (χ4v) is 1.78. The Kier molecular flexibility index (Phi) is 6.00. The van der Waals surface area contributed by atoms with Crippen LogP contribution in [-0.2, 0) is 11.3 Å². The average molecular weight is 240 g/mol. The lowest BCUT2D eigenvalue weighted by atomic mass is 10.4. The van der Waals surface area contributed by atoms with Crippen LogP contribution in [0, 0.1) is 6.92 Å². The van der Waals surface area contributed by atoms with E-state index in [0.717, 1.165) is 44.4 Å². The minimum absolute atomic E-state index is 0.640. The summed E-state index contributed by atoms with van der Waals surface area (Å²) >= 11 is 0. The Balaban J connectivity index is 2.57. The second-order valence-corrected chi connectivity index (χ2v) is 4.14. The van der Waals surface area contributed by atoms with Gasteiger partial charge in [0.25, 0.3) is 0 Å². The fourth-order valence-electron chi connectivity index (χ4n) is 1.78. The summed E-state index contributed by atoms with van der Waals surface area (Å²) < 4.78 is 7.51. The molecule has 5 nitrogen and oxygen atoms in total. The van der Waals surface area contributed by atoms with E-state index >= 15 is 0 Å². The Morgan fingerprint density at radius 2 is 2.29 bits per heavy atom. The number of ether oxygens (including phenoxy) is 1. The first kappa shape index (κ1) is 14.0. The maximum Gasteiger partial charge on any atom is 0.205 e. The van der Waals surface area contributed by atoms with E-state index in [-0.39, 0.29) is 0 Å². The minimum Gasteiger partial charge on any atom is -0.382 e. The number of nitrogens with two attached hydrogens (primary N) is 1. The van der Waals surface area contributed by atoms with Gasteiger partial charge in [0.1, 0.15) is 0 Å². The molecule has 0 amide bonds. The summed E-state index contributed by atoms with van der Waals surface area (Å²) in [5, 5.41) is 0. The molecule has 0 fully saturated rings. The van der Waals surface area contributed by atoms with Crippen molar-refractivity contribution in [2.24, 2.45) is 5.73 Å². The second-order valence-electron chi connectivity index (χ2n) is 4.14. The van der Waals surface area contributed by atoms with Crippen LogP contribution in [0.25, 0.3) is 0 Å². The zero-order valence-electron chi connectivity index (χ0n) is 11.1. The number of rotatable bonds is 8. The number of likely N-dealkylation sites (N-methyl/N-ethyl adjacent to an activating group) is 1. The van der Waals surface area contributed by atoms with Crippen molar-refractivity contribution in [1.29, 1.82) is 0 Å². The van der Waals surface area contributed by atoms with Crippen LogP contribution in [0.5, 0.6) is 0 Å². The monoisotopic (exact) mass is 240 g/mol. The standard InChI is InChI=1S/C12H24N4O/c1-4-17-9-5-7-16-10-11(2)14-12(16)15(3)8-6-13/h10H,4-9,13H2,1-3H3. The number of hydrogen-bond donors (Lipinski definition) is 1. The van der Waals surface area contributed by atoms with Crippen molar-refractivity contribution in [3.05, 3.63) is 11.9 Å². The van der Waals surface area contributed by atoms with Gasteiger partial charge in [-0.25, -0.2) is 4.98 Å². The fraction of sp³-hybridized carbons (Fsp3) is 0.750. The molecule has 0 aliphatic heterocycles. The molecule has 0 aromatic carbocycles. The van der Waals surface area contributed by atoms with Crippen molar-refractivity contribution in [2.45, 2.75) is 26.8 Å². The molecular formula is C12H24N4O. The van der Waals surface area contributed by atoms with Crippen molar-refractivity contribution in [1.82, 2.24) is 9.55 Å². The minimum atomic E-state index is 0.640. The van der Waals surface area contributed by atoms with Crippen molar-refractivity contribution in [2.75, 3.05) is 38.3 Å². The maximum atomic E-state index is 5.56. The number of aromatic nitrogens is 2. The molecular weight excluding hydrogens is 216 g/mol. The number of aryl methyl sites for hydroxylation is 2. The van der Waals surface area contributed by atoms with E-state index in [0.29, 0.717) is 6.54 Å². The molecule has 1 aromatic heterocycles.